The van der Waals surface area contributed by atoms with Gasteiger partial charge in [-0.1, -0.05) is 0 Å². The molecule has 0 aliphatic carbocycles. The van der Waals surface area contributed by atoms with Gasteiger partial charge in [0, 0.05) is 11.5 Å². The fraction of sp³-hybridized carbons (Fsp3) is 0.375. The van der Waals surface area contributed by atoms with Crippen molar-refractivity contribution >= 4 is 21.9 Å². The monoisotopic (exact) mass is 317 g/mol. The molecule has 3 rings (SSSR count). The summed E-state index contributed by atoms with van der Waals surface area (Å²) < 4.78 is 12.3. The SMILES string of the molecule is COc1cc2[nH]c3c(=O)n(CC[NH+](C)C)cnc3c2cc1OC. The molecule has 0 amide bonds. The molecule has 2 heterocycles. The highest BCUT2D eigenvalue weighted by Crippen LogP contribution is 2.34. The summed E-state index contributed by atoms with van der Waals surface area (Å²) in [6.45, 7) is 1.49. The predicted molar refractivity (Wildman–Crippen MR) is 88.6 cm³/mol. The van der Waals surface area contributed by atoms with Crippen molar-refractivity contribution in [3.05, 3.63) is 28.8 Å². The van der Waals surface area contributed by atoms with Crippen molar-refractivity contribution in [3.63, 3.8) is 0 Å². The lowest BCUT2D eigenvalue weighted by molar-refractivity contribution is -0.858. The van der Waals surface area contributed by atoms with Crippen molar-refractivity contribution in [1.82, 2.24) is 14.5 Å². The van der Waals surface area contributed by atoms with E-state index in [0.29, 0.717) is 29.1 Å². The van der Waals surface area contributed by atoms with E-state index in [4.69, 9.17) is 9.47 Å². The van der Waals surface area contributed by atoms with Crippen molar-refractivity contribution in [3.8, 4) is 11.5 Å². The van der Waals surface area contributed by atoms with E-state index >= 15 is 0 Å². The zero-order valence-corrected chi connectivity index (χ0v) is 13.8. The van der Waals surface area contributed by atoms with Crippen LogP contribution in [0, 0.1) is 0 Å². The van der Waals surface area contributed by atoms with E-state index in [1.165, 1.54) is 4.90 Å². The minimum absolute atomic E-state index is 0.0645. The maximum Gasteiger partial charge on any atom is 0.277 e. The molecule has 23 heavy (non-hydrogen) atoms. The highest BCUT2D eigenvalue weighted by Gasteiger charge is 2.15. The van der Waals surface area contributed by atoms with Crippen LogP contribution < -0.4 is 19.9 Å². The summed E-state index contributed by atoms with van der Waals surface area (Å²) in [5.74, 6) is 1.23. The molecule has 7 heteroatoms. The Balaban J connectivity index is 2.19. The normalized spacial score (nSPS) is 11.5. The van der Waals surface area contributed by atoms with Gasteiger partial charge < -0.3 is 19.4 Å². The van der Waals surface area contributed by atoms with Crippen molar-refractivity contribution in [2.24, 2.45) is 0 Å². The summed E-state index contributed by atoms with van der Waals surface area (Å²) in [5, 5.41) is 0.847. The van der Waals surface area contributed by atoms with E-state index in [9.17, 15) is 4.79 Å². The van der Waals surface area contributed by atoms with Gasteiger partial charge in [-0.25, -0.2) is 4.98 Å². The molecule has 0 atom stereocenters. The molecule has 1 aromatic carbocycles. The van der Waals surface area contributed by atoms with Crippen molar-refractivity contribution in [2.45, 2.75) is 6.54 Å². The number of quaternary nitrogens is 1. The van der Waals surface area contributed by atoms with E-state index in [0.717, 1.165) is 17.4 Å². The highest BCUT2D eigenvalue weighted by atomic mass is 16.5. The lowest BCUT2D eigenvalue weighted by Crippen LogP contribution is -3.06. The van der Waals surface area contributed by atoms with E-state index in [1.807, 2.05) is 12.1 Å². The number of fused-ring (bicyclic) bond motifs is 3. The Labute approximate surface area is 133 Å². The van der Waals surface area contributed by atoms with Gasteiger partial charge in [-0.2, -0.15) is 0 Å². The first-order valence-electron chi connectivity index (χ1n) is 7.47. The number of H-pyrrole nitrogens is 1. The van der Waals surface area contributed by atoms with Gasteiger partial charge in [0.1, 0.15) is 11.0 Å². The van der Waals surface area contributed by atoms with E-state index in [2.05, 4.69) is 24.1 Å². The number of nitrogens with zero attached hydrogens (tertiary/aromatic N) is 2. The average molecular weight is 317 g/mol. The number of nitrogens with one attached hydrogen (secondary N) is 2. The summed E-state index contributed by atoms with van der Waals surface area (Å²) in [6.07, 6.45) is 1.61. The Bertz CT molecular complexity index is 911. The van der Waals surface area contributed by atoms with Crippen LogP contribution in [0.2, 0.25) is 0 Å². The molecule has 7 nitrogen and oxygen atoms in total. The molecule has 2 N–H and O–H groups in total. The number of rotatable bonds is 5. The second-order valence-electron chi connectivity index (χ2n) is 5.80. The number of hydrogen-bond acceptors (Lipinski definition) is 4. The fourth-order valence-corrected chi connectivity index (χ4v) is 2.62. The number of aromatic nitrogens is 3. The second kappa shape index (κ2) is 5.92. The predicted octanol–water partition coefficient (Wildman–Crippen LogP) is 0.0395. The second-order valence-corrected chi connectivity index (χ2v) is 5.80. The van der Waals surface area contributed by atoms with Crippen LogP contribution in [0.4, 0.5) is 0 Å². The standard InChI is InChI=1S/C16H20N4O3/c1-19(2)5-6-20-9-17-14-10-7-12(22-3)13(23-4)8-11(10)18-15(14)16(20)21/h7-9,18H,5-6H2,1-4H3/p+1. The van der Waals surface area contributed by atoms with Crippen LogP contribution in [0.1, 0.15) is 0 Å². The third-order valence-electron chi connectivity index (χ3n) is 3.93. The topological polar surface area (TPSA) is 73.6 Å². The summed E-state index contributed by atoms with van der Waals surface area (Å²) >= 11 is 0. The summed E-state index contributed by atoms with van der Waals surface area (Å²) in [7, 11) is 7.28. The number of hydrogen-bond donors (Lipinski definition) is 2. The van der Waals surface area contributed by atoms with E-state index < -0.39 is 0 Å². The molecular formula is C16H21N4O3+. The number of methoxy groups -OCH3 is 2. The molecule has 0 fully saturated rings. The maximum atomic E-state index is 12.6. The molecule has 0 bridgehead atoms. The molecule has 0 radical (unpaired) electrons. The molecule has 122 valence electrons. The average Bonchev–Trinajstić information content (AvgIpc) is 2.91. The largest absolute Gasteiger partial charge is 0.493 e. The number of likely N-dealkylation sites (N-methyl/N-ethyl adjacent to an activating group) is 1. The Hall–Kier alpha value is -2.54. The molecule has 2 aromatic heterocycles. The van der Waals surface area contributed by atoms with Crippen LogP contribution in [0.3, 0.4) is 0 Å². The lowest BCUT2D eigenvalue weighted by Gasteiger charge is -2.08. The van der Waals surface area contributed by atoms with Gasteiger partial charge in [0.25, 0.3) is 5.56 Å². The molecule has 0 spiro atoms. The Kier molecular flexibility index (Phi) is 3.96. The Morgan fingerprint density at radius 3 is 2.57 bits per heavy atom. The van der Waals surface area contributed by atoms with Gasteiger partial charge in [-0.3, -0.25) is 9.36 Å². The minimum Gasteiger partial charge on any atom is -0.493 e. The number of aromatic amines is 1. The first-order chi connectivity index (χ1) is 11.0. The smallest absolute Gasteiger partial charge is 0.277 e. The van der Waals surface area contributed by atoms with Crippen molar-refractivity contribution in [2.75, 3.05) is 34.9 Å². The quantitative estimate of drug-likeness (QED) is 0.697. The van der Waals surface area contributed by atoms with Crippen LogP contribution in [-0.2, 0) is 6.54 Å². The van der Waals surface area contributed by atoms with Crippen LogP contribution in [0.25, 0.3) is 21.9 Å². The van der Waals surface area contributed by atoms with Crippen molar-refractivity contribution < 1.29 is 14.4 Å². The molecular weight excluding hydrogens is 296 g/mol. The third kappa shape index (κ3) is 2.63. The van der Waals surface area contributed by atoms with Gasteiger partial charge in [0.15, 0.2) is 11.5 Å². The molecule has 0 unspecified atom stereocenters. The molecule has 0 saturated carbocycles. The summed E-state index contributed by atoms with van der Waals surface area (Å²) in [4.78, 5) is 21.5. The minimum atomic E-state index is -0.0645. The van der Waals surface area contributed by atoms with Crippen molar-refractivity contribution in [1.29, 1.82) is 0 Å². The van der Waals surface area contributed by atoms with E-state index in [1.54, 1.807) is 25.1 Å². The maximum absolute atomic E-state index is 12.6. The summed E-state index contributed by atoms with van der Waals surface area (Å²) in [5.41, 5.74) is 1.90. The van der Waals surface area contributed by atoms with Gasteiger partial charge in [0.2, 0.25) is 0 Å². The zero-order chi connectivity index (χ0) is 16.6. The third-order valence-corrected chi connectivity index (χ3v) is 3.93. The first kappa shape index (κ1) is 15.4. The van der Waals surface area contributed by atoms with E-state index in [-0.39, 0.29) is 5.56 Å². The van der Waals surface area contributed by atoms with Crippen LogP contribution in [0.5, 0.6) is 11.5 Å². The Morgan fingerprint density at radius 2 is 1.91 bits per heavy atom. The Morgan fingerprint density at radius 1 is 1.22 bits per heavy atom. The fourth-order valence-electron chi connectivity index (χ4n) is 2.62. The van der Waals surface area contributed by atoms with Crippen LogP contribution in [-0.4, -0.2) is 49.4 Å². The van der Waals surface area contributed by atoms with Gasteiger partial charge in [0.05, 0.1) is 53.2 Å². The first-order valence-corrected chi connectivity index (χ1v) is 7.47. The van der Waals surface area contributed by atoms with Crippen LogP contribution >= 0.6 is 0 Å². The van der Waals surface area contributed by atoms with Gasteiger partial charge in [-0.05, 0) is 6.07 Å². The molecule has 0 saturated heterocycles. The zero-order valence-electron chi connectivity index (χ0n) is 13.8. The molecule has 0 aliphatic rings. The van der Waals surface area contributed by atoms with Gasteiger partial charge >= 0.3 is 0 Å². The molecule has 0 aliphatic heterocycles. The van der Waals surface area contributed by atoms with Gasteiger partial charge in [-0.15, -0.1) is 0 Å². The van der Waals surface area contributed by atoms with Crippen LogP contribution in [0.15, 0.2) is 23.3 Å². The summed E-state index contributed by atoms with van der Waals surface area (Å²) in [6, 6.07) is 3.66. The lowest BCUT2D eigenvalue weighted by atomic mass is 10.2. The molecule has 3 aromatic rings. The number of benzene rings is 1. The highest BCUT2D eigenvalue weighted by molar-refractivity contribution is 6.05. The number of ether oxygens (including phenoxy) is 2.